The van der Waals surface area contributed by atoms with Gasteiger partial charge in [0, 0.05) is 12.1 Å². The molecule has 0 aliphatic carbocycles. The molecule has 8 heteroatoms. The van der Waals surface area contributed by atoms with Crippen molar-refractivity contribution in [2.45, 2.75) is 19.6 Å². The Bertz CT molecular complexity index is 552. The number of hydrogen-bond donors (Lipinski definition) is 0. The number of hydrogen-bond acceptors (Lipinski definition) is 3. The van der Waals surface area contributed by atoms with Crippen LogP contribution in [-0.2, 0) is 11.3 Å². The van der Waals surface area contributed by atoms with Crippen molar-refractivity contribution >= 4 is 6.09 Å². The lowest BCUT2D eigenvalue weighted by molar-refractivity contribution is -0.162. The molecule has 0 saturated heterocycles. The van der Waals surface area contributed by atoms with E-state index in [0.29, 0.717) is 0 Å². The van der Waals surface area contributed by atoms with E-state index in [9.17, 15) is 22.4 Å². The number of carbonyl (C=O) groups excluding carboxylic acids is 1. The summed E-state index contributed by atoms with van der Waals surface area (Å²) in [7, 11) is 0. The number of amides is 1. The number of benzene rings is 1. The van der Waals surface area contributed by atoms with E-state index in [1.54, 1.807) is 6.07 Å². The molecule has 0 spiro atoms. The molecule has 4 nitrogen and oxygen atoms in total. The maximum absolute atomic E-state index is 13.7. The summed E-state index contributed by atoms with van der Waals surface area (Å²) >= 11 is 0. The normalized spacial score (nSPS) is 10.9. The lowest BCUT2D eigenvalue weighted by Crippen LogP contribution is -2.33. The van der Waals surface area contributed by atoms with Gasteiger partial charge < -0.3 is 9.64 Å². The van der Waals surface area contributed by atoms with Crippen LogP contribution in [0, 0.1) is 17.1 Å². The molecule has 0 aromatic heterocycles. The molecule has 0 N–H and O–H groups in total. The molecule has 21 heavy (non-hydrogen) atoms. The van der Waals surface area contributed by atoms with Crippen molar-refractivity contribution in [3.05, 3.63) is 35.1 Å². The fourth-order valence-corrected chi connectivity index (χ4v) is 1.49. The van der Waals surface area contributed by atoms with Gasteiger partial charge in [-0.1, -0.05) is 6.07 Å². The third-order valence-electron chi connectivity index (χ3n) is 2.54. The highest BCUT2D eigenvalue weighted by Gasteiger charge is 2.30. The lowest BCUT2D eigenvalue weighted by atomic mass is 10.1. The summed E-state index contributed by atoms with van der Waals surface area (Å²) < 4.78 is 53.7. The Labute approximate surface area is 118 Å². The second-order valence-corrected chi connectivity index (χ2v) is 4.10. The highest BCUT2D eigenvalue weighted by molar-refractivity contribution is 5.67. The van der Waals surface area contributed by atoms with Crippen molar-refractivity contribution < 1.29 is 27.1 Å². The highest BCUT2D eigenvalue weighted by Crippen LogP contribution is 2.17. The Balaban J connectivity index is 2.74. The minimum atomic E-state index is -4.62. The third kappa shape index (κ3) is 5.30. The Hall–Kier alpha value is -2.30. The van der Waals surface area contributed by atoms with Gasteiger partial charge in [-0.15, -0.1) is 0 Å². The molecule has 114 valence electrons. The zero-order valence-corrected chi connectivity index (χ0v) is 11.1. The molecule has 0 radical (unpaired) electrons. The Morgan fingerprint density at radius 1 is 1.43 bits per heavy atom. The predicted molar refractivity (Wildman–Crippen MR) is 64.6 cm³/mol. The first-order valence-electron chi connectivity index (χ1n) is 5.93. The topological polar surface area (TPSA) is 53.3 Å². The number of halogens is 4. The molecule has 0 atom stereocenters. The van der Waals surface area contributed by atoms with Crippen LogP contribution in [0.25, 0.3) is 0 Å². The Morgan fingerprint density at radius 2 is 2.10 bits per heavy atom. The van der Waals surface area contributed by atoms with E-state index in [4.69, 9.17) is 5.26 Å². The van der Waals surface area contributed by atoms with Crippen LogP contribution in [-0.4, -0.2) is 30.3 Å². The van der Waals surface area contributed by atoms with Gasteiger partial charge in [0.25, 0.3) is 0 Å². The molecule has 0 unspecified atom stereocenters. The molecule has 1 aromatic rings. The smallest absolute Gasteiger partial charge is 0.422 e. The van der Waals surface area contributed by atoms with E-state index < -0.39 is 24.7 Å². The van der Waals surface area contributed by atoms with Gasteiger partial charge in [0.05, 0.1) is 18.2 Å². The van der Waals surface area contributed by atoms with Crippen molar-refractivity contribution in [3.8, 4) is 6.07 Å². The van der Waals surface area contributed by atoms with Crippen LogP contribution < -0.4 is 0 Å². The third-order valence-corrected chi connectivity index (χ3v) is 2.54. The number of nitrogens with zero attached hydrogens (tertiary/aromatic N) is 2. The summed E-state index contributed by atoms with van der Waals surface area (Å²) in [5.74, 6) is -0.712. The molecular formula is C13H12F4N2O2. The van der Waals surface area contributed by atoms with Crippen LogP contribution in [0.3, 0.4) is 0 Å². The monoisotopic (exact) mass is 304 g/mol. The largest absolute Gasteiger partial charge is 0.440 e. The number of alkyl halides is 3. The van der Waals surface area contributed by atoms with Crippen molar-refractivity contribution in [2.75, 3.05) is 13.2 Å². The Kier molecular flexibility index (Phi) is 5.52. The summed E-state index contributed by atoms with van der Waals surface area (Å²) in [5.41, 5.74) is 0.193. The second kappa shape index (κ2) is 6.92. The second-order valence-electron chi connectivity index (χ2n) is 4.10. The fourth-order valence-electron chi connectivity index (χ4n) is 1.49. The Morgan fingerprint density at radius 3 is 2.57 bits per heavy atom. The van der Waals surface area contributed by atoms with E-state index in [-0.39, 0.29) is 24.2 Å². The maximum Gasteiger partial charge on any atom is 0.422 e. The van der Waals surface area contributed by atoms with E-state index >= 15 is 0 Å². The molecule has 0 aliphatic heterocycles. The van der Waals surface area contributed by atoms with Crippen molar-refractivity contribution in [1.29, 1.82) is 5.26 Å². The van der Waals surface area contributed by atoms with Gasteiger partial charge in [-0.3, -0.25) is 0 Å². The molecule has 0 bridgehead atoms. The van der Waals surface area contributed by atoms with Gasteiger partial charge in [0.15, 0.2) is 6.61 Å². The quantitative estimate of drug-likeness (QED) is 0.803. The molecular weight excluding hydrogens is 292 g/mol. The first-order valence-corrected chi connectivity index (χ1v) is 5.93. The summed E-state index contributed by atoms with van der Waals surface area (Å²) in [4.78, 5) is 12.4. The minimum absolute atomic E-state index is 0.0517. The van der Waals surface area contributed by atoms with Crippen molar-refractivity contribution in [3.63, 3.8) is 0 Å². The molecule has 1 amide bonds. The highest BCUT2D eigenvalue weighted by atomic mass is 19.4. The summed E-state index contributed by atoms with van der Waals surface area (Å²) in [6.45, 7) is -0.366. The van der Waals surface area contributed by atoms with E-state index in [1.165, 1.54) is 19.1 Å². The maximum atomic E-state index is 13.7. The number of rotatable bonds is 4. The SMILES string of the molecule is CCN(Cc1ccc(C#N)cc1F)C(=O)OCC(F)(F)F. The van der Waals surface area contributed by atoms with E-state index in [0.717, 1.165) is 11.0 Å². The van der Waals surface area contributed by atoms with Gasteiger partial charge in [-0.05, 0) is 19.1 Å². The molecule has 1 aromatic carbocycles. The van der Waals surface area contributed by atoms with E-state index in [1.807, 2.05) is 0 Å². The van der Waals surface area contributed by atoms with Crippen LogP contribution in [0.4, 0.5) is 22.4 Å². The summed E-state index contributed by atoms with van der Waals surface area (Å²) in [6.07, 6.45) is -5.80. The van der Waals surface area contributed by atoms with Gasteiger partial charge in [-0.2, -0.15) is 18.4 Å². The van der Waals surface area contributed by atoms with Gasteiger partial charge in [0.2, 0.25) is 0 Å². The zero-order valence-electron chi connectivity index (χ0n) is 11.1. The van der Waals surface area contributed by atoms with Crippen molar-refractivity contribution in [1.82, 2.24) is 4.90 Å². The van der Waals surface area contributed by atoms with Crippen LogP contribution in [0.1, 0.15) is 18.1 Å². The first kappa shape index (κ1) is 16.8. The molecule has 0 saturated carbocycles. The average Bonchev–Trinajstić information content (AvgIpc) is 2.42. The number of ether oxygens (including phenoxy) is 1. The van der Waals surface area contributed by atoms with Crippen LogP contribution in [0.2, 0.25) is 0 Å². The summed E-state index contributed by atoms with van der Waals surface area (Å²) in [6, 6.07) is 5.40. The molecule has 0 aliphatic rings. The number of nitriles is 1. The van der Waals surface area contributed by atoms with Crippen LogP contribution in [0.15, 0.2) is 18.2 Å². The standard InChI is InChI=1S/C13H12F4N2O2/c1-2-19(12(20)21-8-13(15,16)17)7-10-4-3-9(6-18)5-11(10)14/h3-5H,2,7-8H2,1H3. The molecule has 0 heterocycles. The molecule has 0 fully saturated rings. The molecule has 1 rings (SSSR count). The van der Waals surface area contributed by atoms with E-state index in [2.05, 4.69) is 4.74 Å². The number of carbonyl (C=O) groups is 1. The van der Waals surface area contributed by atoms with Gasteiger partial charge in [0.1, 0.15) is 5.82 Å². The predicted octanol–water partition coefficient (Wildman–Crippen LogP) is 3.22. The van der Waals surface area contributed by atoms with Crippen molar-refractivity contribution in [2.24, 2.45) is 0 Å². The zero-order chi connectivity index (χ0) is 16.0. The minimum Gasteiger partial charge on any atom is -0.440 e. The van der Waals surface area contributed by atoms with Crippen LogP contribution >= 0.6 is 0 Å². The summed E-state index contributed by atoms with van der Waals surface area (Å²) in [5, 5.41) is 8.61. The van der Waals surface area contributed by atoms with Gasteiger partial charge >= 0.3 is 12.3 Å². The van der Waals surface area contributed by atoms with Gasteiger partial charge in [-0.25, -0.2) is 9.18 Å². The average molecular weight is 304 g/mol. The lowest BCUT2D eigenvalue weighted by Gasteiger charge is -2.21. The first-order chi connectivity index (χ1) is 9.76. The van der Waals surface area contributed by atoms with Crippen LogP contribution in [0.5, 0.6) is 0 Å². The fraction of sp³-hybridized carbons (Fsp3) is 0.385.